The number of hydrogen-bond acceptors (Lipinski definition) is 6. The zero-order chi connectivity index (χ0) is 44.4. The largest absolute Gasteiger partial charge is 0.462 e. The quantitative estimate of drug-likeness (QED) is 0.0262. The Bertz CT molecular complexity index is 989. The van der Waals surface area contributed by atoms with E-state index in [9.17, 15) is 14.4 Å². The van der Waals surface area contributed by atoms with Crippen LogP contribution in [0, 0.1) is 0 Å². The van der Waals surface area contributed by atoms with Gasteiger partial charge in [0.2, 0.25) is 0 Å². The van der Waals surface area contributed by atoms with Crippen molar-refractivity contribution in [1.82, 2.24) is 0 Å². The highest BCUT2D eigenvalue weighted by Crippen LogP contribution is 2.16. The monoisotopic (exact) mass is 859 g/mol. The average molecular weight is 859 g/mol. The summed E-state index contributed by atoms with van der Waals surface area (Å²) in [6, 6.07) is 0. The van der Waals surface area contributed by atoms with E-state index in [1.807, 2.05) is 0 Å². The smallest absolute Gasteiger partial charge is 0.306 e. The molecule has 0 aromatic rings. The van der Waals surface area contributed by atoms with Crippen LogP contribution in [-0.2, 0) is 28.6 Å². The van der Waals surface area contributed by atoms with Gasteiger partial charge in [-0.15, -0.1) is 0 Å². The first kappa shape index (κ1) is 58.9. The number of esters is 3. The molecule has 1 unspecified atom stereocenters. The molecule has 0 heterocycles. The van der Waals surface area contributed by atoms with Crippen LogP contribution in [0.15, 0.2) is 24.3 Å². The fraction of sp³-hybridized carbons (Fsp3) is 0.873. The minimum atomic E-state index is -0.768. The van der Waals surface area contributed by atoms with E-state index in [2.05, 4.69) is 45.1 Å². The van der Waals surface area contributed by atoms with Crippen molar-refractivity contribution in [2.45, 2.75) is 297 Å². The summed E-state index contributed by atoms with van der Waals surface area (Å²) in [5.41, 5.74) is 0. The standard InChI is InChI=1S/C55H102O6/c1-4-7-10-13-16-19-22-25-26-27-28-29-31-33-36-39-42-45-48-54(57)60-51-52(50-59-53(56)47-44-41-38-35-32-24-21-18-15-12-9-6-3)61-55(58)49-46-43-40-37-34-30-23-20-17-14-11-8-5-2/h19,22,26-27,52H,4-18,20-21,23-25,28-51H2,1-3H3/b22-19-,27-26-. The fourth-order valence-corrected chi connectivity index (χ4v) is 7.89. The number of ether oxygens (including phenoxy) is 3. The van der Waals surface area contributed by atoms with Gasteiger partial charge in [-0.25, -0.2) is 0 Å². The lowest BCUT2D eigenvalue weighted by molar-refractivity contribution is -0.167. The normalized spacial score (nSPS) is 12.1. The molecule has 0 saturated carbocycles. The summed E-state index contributed by atoms with van der Waals surface area (Å²) < 4.78 is 16.8. The van der Waals surface area contributed by atoms with E-state index in [1.165, 1.54) is 180 Å². The fourth-order valence-electron chi connectivity index (χ4n) is 7.89. The van der Waals surface area contributed by atoms with E-state index in [0.29, 0.717) is 19.3 Å². The molecule has 0 rings (SSSR count). The van der Waals surface area contributed by atoms with Gasteiger partial charge in [-0.1, -0.05) is 244 Å². The van der Waals surface area contributed by atoms with Gasteiger partial charge in [0, 0.05) is 19.3 Å². The summed E-state index contributed by atoms with van der Waals surface area (Å²) >= 11 is 0. The first-order valence-corrected chi connectivity index (χ1v) is 26.8. The van der Waals surface area contributed by atoms with Crippen LogP contribution in [0.3, 0.4) is 0 Å². The summed E-state index contributed by atoms with van der Waals surface area (Å²) in [6.45, 7) is 6.64. The van der Waals surface area contributed by atoms with E-state index < -0.39 is 6.10 Å². The molecular formula is C55H102O6. The second kappa shape index (κ2) is 50.5. The number of hydrogen-bond donors (Lipinski definition) is 0. The summed E-state index contributed by atoms with van der Waals surface area (Å²) in [4.78, 5) is 38.0. The molecule has 0 radical (unpaired) electrons. The Kier molecular flexibility index (Phi) is 48.8. The Balaban J connectivity index is 4.32. The Labute approximate surface area is 379 Å². The van der Waals surface area contributed by atoms with E-state index >= 15 is 0 Å². The molecule has 0 N–H and O–H groups in total. The van der Waals surface area contributed by atoms with Crippen LogP contribution in [0.2, 0.25) is 0 Å². The highest BCUT2D eigenvalue weighted by atomic mass is 16.6. The Morgan fingerprint density at radius 1 is 0.328 bits per heavy atom. The lowest BCUT2D eigenvalue weighted by atomic mass is 10.0. The van der Waals surface area contributed by atoms with Crippen molar-refractivity contribution >= 4 is 17.9 Å². The second-order valence-corrected chi connectivity index (χ2v) is 18.2. The topological polar surface area (TPSA) is 78.9 Å². The first-order valence-electron chi connectivity index (χ1n) is 26.8. The van der Waals surface area contributed by atoms with Gasteiger partial charge in [0.25, 0.3) is 0 Å². The van der Waals surface area contributed by atoms with E-state index in [1.54, 1.807) is 0 Å². The van der Waals surface area contributed by atoms with Crippen molar-refractivity contribution in [2.24, 2.45) is 0 Å². The number of carbonyl (C=O) groups excluding carboxylic acids is 3. The maximum Gasteiger partial charge on any atom is 0.306 e. The van der Waals surface area contributed by atoms with Crippen LogP contribution in [0.4, 0.5) is 0 Å². The molecule has 6 nitrogen and oxygen atoms in total. The molecule has 61 heavy (non-hydrogen) atoms. The summed E-state index contributed by atoms with van der Waals surface area (Å²) in [7, 11) is 0. The van der Waals surface area contributed by atoms with Crippen LogP contribution in [0.25, 0.3) is 0 Å². The van der Waals surface area contributed by atoms with E-state index in [4.69, 9.17) is 14.2 Å². The molecule has 0 aliphatic carbocycles. The third-order valence-electron chi connectivity index (χ3n) is 12.0. The van der Waals surface area contributed by atoms with Gasteiger partial charge in [0.05, 0.1) is 0 Å². The third-order valence-corrected chi connectivity index (χ3v) is 12.0. The Morgan fingerprint density at radius 2 is 0.590 bits per heavy atom. The van der Waals surface area contributed by atoms with Gasteiger partial charge in [0.1, 0.15) is 13.2 Å². The molecule has 0 saturated heterocycles. The van der Waals surface area contributed by atoms with Gasteiger partial charge >= 0.3 is 17.9 Å². The molecule has 0 amide bonds. The van der Waals surface area contributed by atoms with Crippen molar-refractivity contribution in [3.05, 3.63) is 24.3 Å². The number of unbranched alkanes of at least 4 members (excludes halogenated alkanes) is 34. The number of rotatable bonds is 49. The van der Waals surface area contributed by atoms with Gasteiger partial charge in [-0.05, 0) is 51.4 Å². The molecule has 0 bridgehead atoms. The molecule has 0 aromatic heterocycles. The van der Waals surface area contributed by atoms with Crippen molar-refractivity contribution in [3.63, 3.8) is 0 Å². The molecule has 1 atom stereocenters. The van der Waals surface area contributed by atoms with Crippen molar-refractivity contribution in [3.8, 4) is 0 Å². The molecule has 6 heteroatoms. The van der Waals surface area contributed by atoms with Crippen LogP contribution >= 0.6 is 0 Å². The van der Waals surface area contributed by atoms with Crippen LogP contribution in [0.1, 0.15) is 290 Å². The Hall–Kier alpha value is -2.11. The van der Waals surface area contributed by atoms with Crippen molar-refractivity contribution in [1.29, 1.82) is 0 Å². The Morgan fingerprint density at radius 3 is 0.918 bits per heavy atom. The van der Waals surface area contributed by atoms with E-state index in [0.717, 1.165) is 70.6 Å². The molecule has 0 fully saturated rings. The maximum atomic E-state index is 12.8. The van der Waals surface area contributed by atoms with Crippen molar-refractivity contribution in [2.75, 3.05) is 13.2 Å². The lowest BCUT2D eigenvalue weighted by Crippen LogP contribution is -2.30. The van der Waals surface area contributed by atoms with Crippen LogP contribution < -0.4 is 0 Å². The number of allylic oxidation sites excluding steroid dienone is 4. The van der Waals surface area contributed by atoms with Gasteiger partial charge in [-0.2, -0.15) is 0 Å². The highest BCUT2D eigenvalue weighted by molar-refractivity contribution is 5.71. The lowest BCUT2D eigenvalue weighted by Gasteiger charge is -2.18. The summed E-state index contributed by atoms with van der Waals surface area (Å²) in [6.07, 6.45) is 57.3. The summed E-state index contributed by atoms with van der Waals surface area (Å²) in [5.74, 6) is -0.861. The second-order valence-electron chi connectivity index (χ2n) is 18.2. The minimum Gasteiger partial charge on any atom is -0.462 e. The van der Waals surface area contributed by atoms with Crippen molar-refractivity contribution < 1.29 is 28.6 Å². The molecule has 0 aliphatic heterocycles. The predicted molar refractivity (Wildman–Crippen MR) is 261 cm³/mol. The average Bonchev–Trinajstić information content (AvgIpc) is 3.26. The van der Waals surface area contributed by atoms with Gasteiger partial charge in [-0.3, -0.25) is 14.4 Å². The SMILES string of the molecule is CCCCCC/C=C\C/C=C\CCCCCCCCCC(=O)OCC(COC(=O)CCCCCCCCCCCCCC)OC(=O)CCCCCCCCCCCCCCC. The minimum absolute atomic E-state index is 0.0687. The number of carbonyl (C=O) groups is 3. The maximum absolute atomic E-state index is 12.8. The third kappa shape index (κ3) is 48.8. The van der Waals surface area contributed by atoms with Gasteiger partial charge in [0.15, 0.2) is 6.10 Å². The highest BCUT2D eigenvalue weighted by Gasteiger charge is 2.19. The van der Waals surface area contributed by atoms with Crippen LogP contribution in [0.5, 0.6) is 0 Å². The van der Waals surface area contributed by atoms with Gasteiger partial charge < -0.3 is 14.2 Å². The molecule has 0 spiro atoms. The van der Waals surface area contributed by atoms with Crippen LogP contribution in [-0.4, -0.2) is 37.2 Å². The molecule has 0 aromatic carbocycles. The predicted octanol–water partition coefficient (Wildman–Crippen LogP) is 17.5. The molecular weight excluding hydrogens is 757 g/mol. The zero-order valence-electron chi connectivity index (χ0n) is 40.9. The molecule has 358 valence electrons. The zero-order valence-corrected chi connectivity index (χ0v) is 40.9. The van der Waals surface area contributed by atoms with E-state index in [-0.39, 0.29) is 31.1 Å². The summed E-state index contributed by atoms with van der Waals surface area (Å²) in [5, 5.41) is 0. The first-order chi connectivity index (χ1) is 30.0. The molecule has 0 aliphatic rings.